The predicted octanol–water partition coefficient (Wildman–Crippen LogP) is 3.69. The summed E-state index contributed by atoms with van der Waals surface area (Å²) < 4.78 is 13.2. The van der Waals surface area contributed by atoms with E-state index < -0.39 is 11.2 Å². The van der Waals surface area contributed by atoms with E-state index in [0.29, 0.717) is 23.4 Å². The number of benzene rings is 1. The molecule has 0 atom stereocenters. The lowest BCUT2D eigenvalue weighted by Crippen LogP contribution is -2.05. The molecule has 14 heavy (non-hydrogen) atoms. The van der Waals surface area contributed by atoms with Crippen molar-refractivity contribution in [3.05, 3.63) is 33.6 Å². The maximum atomic E-state index is 13.2. The third-order valence-corrected chi connectivity index (χ3v) is 3.17. The van der Waals surface area contributed by atoms with Crippen LogP contribution in [0.1, 0.15) is 18.4 Å². The maximum absolute atomic E-state index is 13.2. The van der Waals surface area contributed by atoms with E-state index in [1.165, 1.54) is 12.1 Å². The highest BCUT2D eigenvalue weighted by atomic mass is 35.5. The Morgan fingerprint density at radius 1 is 1.36 bits per heavy atom. The van der Waals surface area contributed by atoms with Gasteiger partial charge in [-0.3, -0.25) is 0 Å². The Kier molecular flexibility index (Phi) is 2.17. The molecule has 0 unspecified atom stereocenters. The summed E-state index contributed by atoms with van der Waals surface area (Å²) in [7, 11) is 0. The Bertz CT molecular complexity index is 432. The van der Waals surface area contributed by atoms with Crippen molar-refractivity contribution >= 4 is 23.2 Å². The number of hydrogen-bond acceptors (Lipinski definition) is 1. The standard InChI is InChI=1S/C10H6Cl2FN/c11-6-1-2-7(13)9(12)8(6)10(5-14)3-4-10/h1-2H,3-4H2. The fraction of sp³-hybridized carbons (Fsp3) is 0.300. The second kappa shape index (κ2) is 3.12. The van der Waals surface area contributed by atoms with E-state index in [1.807, 2.05) is 0 Å². The SMILES string of the molecule is N#CC1(c2c(Cl)ccc(F)c2Cl)CC1. The van der Waals surface area contributed by atoms with Crippen LogP contribution in [0.4, 0.5) is 4.39 Å². The molecule has 1 aliphatic rings. The molecule has 0 amide bonds. The molecule has 0 bridgehead atoms. The summed E-state index contributed by atoms with van der Waals surface area (Å²) in [6.45, 7) is 0. The normalized spacial score (nSPS) is 17.6. The van der Waals surface area contributed by atoms with Crippen molar-refractivity contribution in [3.63, 3.8) is 0 Å². The van der Waals surface area contributed by atoms with Crippen LogP contribution in [-0.2, 0) is 5.41 Å². The van der Waals surface area contributed by atoms with Crippen LogP contribution in [0.3, 0.4) is 0 Å². The molecule has 0 aromatic heterocycles. The van der Waals surface area contributed by atoms with Crippen LogP contribution in [-0.4, -0.2) is 0 Å². The van der Waals surface area contributed by atoms with Crippen LogP contribution in [0.15, 0.2) is 12.1 Å². The summed E-state index contributed by atoms with van der Waals surface area (Å²) >= 11 is 11.7. The van der Waals surface area contributed by atoms with Crippen molar-refractivity contribution in [1.29, 1.82) is 5.26 Å². The van der Waals surface area contributed by atoms with Gasteiger partial charge in [0.2, 0.25) is 0 Å². The van der Waals surface area contributed by atoms with Gasteiger partial charge >= 0.3 is 0 Å². The number of halogens is 3. The summed E-state index contributed by atoms with van der Waals surface area (Å²) in [4.78, 5) is 0. The molecule has 1 aliphatic carbocycles. The molecule has 1 aromatic rings. The molecule has 0 radical (unpaired) electrons. The number of nitrogens with zero attached hydrogens (tertiary/aromatic N) is 1. The average Bonchev–Trinajstić information content (AvgIpc) is 2.93. The molecular weight excluding hydrogens is 224 g/mol. The van der Waals surface area contributed by atoms with Gasteiger partial charge in [0.05, 0.1) is 16.5 Å². The van der Waals surface area contributed by atoms with E-state index in [9.17, 15) is 4.39 Å². The summed E-state index contributed by atoms with van der Waals surface area (Å²) in [5, 5.41) is 9.31. The summed E-state index contributed by atoms with van der Waals surface area (Å²) in [6, 6.07) is 4.79. The average molecular weight is 230 g/mol. The second-order valence-electron chi connectivity index (χ2n) is 3.41. The van der Waals surface area contributed by atoms with Gasteiger partial charge in [0.15, 0.2) is 0 Å². The van der Waals surface area contributed by atoms with E-state index in [0.717, 1.165) is 0 Å². The van der Waals surface area contributed by atoms with Gasteiger partial charge in [-0.05, 0) is 25.0 Å². The zero-order chi connectivity index (χ0) is 10.3. The fourth-order valence-corrected chi connectivity index (χ4v) is 2.24. The van der Waals surface area contributed by atoms with E-state index >= 15 is 0 Å². The van der Waals surface area contributed by atoms with E-state index in [2.05, 4.69) is 6.07 Å². The fourth-order valence-electron chi connectivity index (χ4n) is 1.51. The highest BCUT2D eigenvalue weighted by Gasteiger charge is 2.48. The zero-order valence-corrected chi connectivity index (χ0v) is 8.66. The molecular formula is C10H6Cl2FN. The largest absolute Gasteiger partial charge is 0.205 e. The molecule has 0 heterocycles. The molecule has 1 nitrogen and oxygen atoms in total. The third-order valence-electron chi connectivity index (χ3n) is 2.49. The van der Waals surface area contributed by atoms with Crippen molar-refractivity contribution in [1.82, 2.24) is 0 Å². The first kappa shape index (κ1) is 9.76. The Morgan fingerprint density at radius 2 is 2.00 bits per heavy atom. The lowest BCUT2D eigenvalue weighted by atomic mass is 9.97. The smallest absolute Gasteiger partial charge is 0.142 e. The number of hydrogen-bond donors (Lipinski definition) is 0. The van der Waals surface area contributed by atoms with Crippen molar-refractivity contribution in [2.45, 2.75) is 18.3 Å². The molecule has 2 rings (SSSR count). The zero-order valence-electron chi connectivity index (χ0n) is 7.15. The van der Waals surface area contributed by atoms with E-state index in [-0.39, 0.29) is 5.02 Å². The van der Waals surface area contributed by atoms with Crippen LogP contribution in [0.2, 0.25) is 10.0 Å². The van der Waals surface area contributed by atoms with E-state index in [1.54, 1.807) is 0 Å². The molecule has 1 fully saturated rings. The Morgan fingerprint density at radius 3 is 2.50 bits per heavy atom. The summed E-state index contributed by atoms with van der Waals surface area (Å²) in [6.07, 6.45) is 1.40. The van der Waals surface area contributed by atoms with Crippen LogP contribution < -0.4 is 0 Å². The first-order valence-corrected chi connectivity index (χ1v) is 4.91. The Labute approximate surface area is 91.0 Å². The first-order valence-electron chi connectivity index (χ1n) is 4.16. The molecule has 0 saturated heterocycles. The quantitative estimate of drug-likeness (QED) is 0.675. The van der Waals surface area contributed by atoms with Crippen LogP contribution in [0.5, 0.6) is 0 Å². The highest BCUT2D eigenvalue weighted by Crippen LogP contribution is 2.52. The monoisotopic (exact) mass is 229 g/mol. The van der Waals surface area contributed by atoms with Gasteiger partial charge in [-0.2, -0.15) is 5.26 Å². The second-order valence-corrected chi connectivity index (χ2v) is 4.20. The van der Waals surface area contributed by atoms with Crippen molar-refractivity contribution in [3.8, 4) is 6.07 Å². The van der Waals surface area contributed by atoms with Crippen molar-refractivity contribution < 1.29 is 4.39 Å². The van der Waals surface area contributed by atoms with Crippen LogP contribution >= 0.6 is 23.2 Å². The molecule has 0 N–H and O–H groups in total. The molecule has 1 aromatic carbocycles. The molecule has 72 valence electrons. The highest BCUT2D eigenvalue weighted by molar-refractivity contribution is 6.36. The molecule has 4 heteroatoms. The number of nitriles is 1. The lowest BCUT2D eigenvalue weighted by Gasteiger charge is -2.11. The third kappa shape index (κ3) is 1.28. The number of rotatable bonds is 1. The van der Waals surface area contributed by atoms with Crippen LogP contribution in [0.25, 0.3) is 0 Å². The first-order chi connectivity index (χ1) is 6.60. The molecule has 1 saturated carbocycles. The Balaban J connectivity index is 2.64. The minimum Gasteiger partial charge on any atom is -0.205 e. The van der Waals surface area contributed by atoms with Gasteiger partial charge in [-0.1, -0.05) is 23.2 Å². The van der Waals surface area contributed by atoms with Gasteiger partial charge < -0.3 is 0 Å². The Hall–Kier alpha value is -0.780. The maximum Gasteiger partial charge on any atom is 0.142 e. The summed E-state index contributed by atoms with van der Waals surface area (Å²) in [5.74, 6) is -0.521. The van der Waals surface area contributed by atoms with Crippen LogP contribution in [0, 0.1) is 17.1 Å². The molecule has 0 aliphatic heterocycles. The lowest BCUT2D eigenvalue weighted by molar-refractivity contribution is 0.624. The molecule has 0 spiro atoms. The topological polar surface area (TPSA) is 23.8 Å². The van der Waals surface area contributed by atoms with Gasteiger partial charge in [0.25, 0.3) is 0 Å². The predicted molar refractivity (Wildman–Crippen MR) is 52.9 cm³/mol. The van der Waals surface area contributed by atoms with Crippen molar-refractivity contribution in [2.75, 3.05) is 0 Å². The van der Waals surface area contributed by atoms with Crippen molar-refractivity contribution in [2.24, 2.45) is 0 Å². The minimum atomic E-state index is -0.643. The van der Waals surface area contributed by atoms with Gasteiger partial charge in [-0.25, -0.2) is 4.39 Å². The van der Waals surface area contributed by atoms with Gasteiger partial charge in [0.1, 0.15) is 5.82 Å². The van der Waals surface area contributed by atoms with Gasteiger partial charge in [-0.15, -0.1) is 0 Å². The summed E-state index contributed by atoms with van der Waals surface area (Å²) in [5.41, 5.74) is -0.195. The van der Waals surface area contributed by atoms with E-state index in [4.69, 9.17) is 28.5 Å². The van der Waals surface area contributed by atoms with Gasteiger partial charge in [0, 0.05) is 10.6 Å². The minimum absolute atomic E-state index is 0.0171.